The normalized spacial score (nSPS) is 11.1. The first-order valence-electron chi connectivity index (χ1n) is 9.02. The predicted molar refractivity (Wildman–Crippen MR) is 126 cm³/mol. The van der Waals surface area contributed by atoms with E-state index >= 15 is 0 Å². The fourth-order valence-electron chi connectivity index (χ4n) is 2.92. The average molecular weight is 482 g/mol. The SMILES string of the molecule is COc1ccc(/C=C/C(=O)c2cc(C)sc2C)cc1COc1cc(Cl)c(Cl)cc1Cl. The van der Waals surface area contributed by atoms with Crippen molar-refractivity contribution < 1.29 is 14.3 Å². The van der Waals surface area contributed by atoms with Gasteiger partial charge in [-0.25, -0.2) is 0 Å². The van der Waals surface area contributed by atoms with Crippen LogP contribution in [0.3, 0.4) is 0 Å². The highest BCUT2D eigenvalue weighted by Gasteiger charge is 2.11. The Morgan fingerprint density at radius 3 is 2.40 bits per heavy atom. The number of halogens is 3. The van der Waals surface area contributed by atoms with E-state index in [2.05, 4.69) is 0 Å². The van der Waals surface area contributed by atoms with Gasteiger partial charge in [-0.2, -0.15) is 0 Å². The molecule has 0 spiro atoms. The summed E-state index contributed by atoms with van der Waals surface area (Å²) in [7, 11) is 1.59. The molecule has 0 fully saturated rings. The van der Waals surface area contributed by atoms with Crippen molar-refractivity contribution >= 4 is 58.0 Å². The van der Waals surface area contributed by atoms with Gasteiger partial charge in [-0.1, -0.05) is 46.9 Å². The van der Waals surface area contributed by atoms with Gasteiger partial charge in [0, 0.05) is 26.9 Å². The van der Waals surface area contributed by atoms with Gasteiger partial charge in [-0.15, -0.1) is 11.3 Å². The molecular formula is C23H19Cl3O3S. The molecule has 1 aromatic heterocycles. The Morgan fingerprint density at radius 1 is 1.00 bits per heavy atom. The van der Waals surface area contributed by atoms with Gasteiger partial charge < -0.3 is 9.47 Å². The molecule has 0 saturated carbocycles. The molecule has 0 N–H and O–H groups in total. The lowest BCUT2D eigenvalue weighted by molar-refractivity contribution is 0.104. The lowest BCUT2D eigenvalue weighted by Gasteiger charge is -2.13. The maximum absolute atomic E-state index is 12.5. The fraction of sp³-hybridized carbons (Fsp3) is 0.174. The van der Waals surface area contributed by atoms with Crippen molar-refractivity contribution in [2.45, 2.75) is 20.5 Å². The zero-order valence-electron chi connectivity index (χ0n) is 16.6. The molecule has 0 aliphatic rings. The van der Waals surface area contributed by atoms with Crippen molar-refractivity contribution in [3.8, 4) is 11.5 Å². The first kappa shape index (κ1) is 22.7. The molecule has 3 rings (SSSR count). The highest BCUT2D eigenvalue weighted by atomic mass is 35.5. The molecule has 7 heteroatoms. The minimum absolute atomic E-state index is 0.0203. The molecule has 3 aromatic rings. The van der Waals surface area contributed by atoms with Crippen LogP contribution in [0.25, 0.3) is 6.08 Å². The second kappa shape index (κ2) is 9.88. The zero-order chi connectivity index (χ0) is 21.8. The number of hydrogen-bond acceptors (Lipinski definition) is 4. The summed E-state index contributed by atoms with van der Waals surface area (Å²) in [6, 6.07) is 10.6. The number of allylic oxidation sites excluding steroid dienone is 1. The average Bonchev–Trinajstić information content (AvgIpc) is 3.06. The van der Waals surface area contributed by atoms with Crippen LogP contribution in [0, 0.1) is 13.8 Å². The number of carbonyl (C=O) groups is 1. The van der Waals surface area contributed by atoms with Crippen molar-refractivity contribution in [2.24, 2.45) is 0 Å². The predicted octanol–water partition coefficient (Wildman–Crippen LogP) is 7.81. The van der Waals surface area contributed by atoms with E-state index in [0.717, 1.165) is 26.4 Å². The maximum atomic E-state index is 12.5. The standard InChI is InChI=1S/C23H19Cl3O3S/c1-13-8-17(14(2)30-13)21(27)6-4-15-5-7-22(28-3)16(9-15)12-29-23-11-19(25)18(24)10-20(23)26/h4-11H,12H2,1-3H3/b6-4+. The number of ketones is 1. The van der Waals surface area contributed by atoms with Crippen molar-refractivity contribution in [1.29, 1.82) is 0 Å². The van der Waals surface area contributed by atoms with Crippen molar-refractivity contribution in [3.05, 3.63) is 84.0 Å². The summed E-state index contributed by atoms with van der Waals surface area (Å²) in [5.74, 6) is 1.07. The summed E-state index contributed by atoms with van der Waals surface area (Å²) < 4.78 is 11.3. The Morgan fingerprint density at radius 2 is 1.73 bits per heavy atom. The Kier molecular flexibility index (Phi) is 7.48. The van der Waals surface area contributed by atoms with Crippen LogP contribution in [-0.2, 0) is 6.61 Å². The highest BCUT2D eigenvalue weighted by Crippen LogP contribution is 2.35. The summed E-state index contributed by atoms with van der Waals surface area (Å²) >= 11 is 19.8. The Bertz CT molecular complexity index is 1120. The van der Waals surface area contributed by atoms with Gasteiger partial charge in [0.25, 0.3) is 0 Å². The molecule has 3 nitrogen and oxygen atoms in total. The van der Waals surface area contributed by atoms with Crippen LogP contribution in [0.4, 0.5) is 0 Å². The molecule has 0 aliphatic heterocycles. The number of methoxy groups -OCH3 is 1. The van der Waals surface area contributed by atoms with Crippen LogP contribution in [0.1, 0.15) is 31.2 Å². The van der Waals surface area contributed by atoms with E-state index in [4.69, 9.17) is 44.3 Å². The molecule has 30 heavy (non-hydrogen) atoms. The quantitative estimate of drug-likeness (QED) is 0.196. The van der Waals surface area contributed by atoms with Crippen molar-refractivity contribution in [1.82, 2.24) is 0 Å². The highest BCUT2D eigenvalue weighted by molar-refractivity contribution is 7.12. The van der Waals surface area contributed by atoms with Crippen LogP contribution >= 0.6 is 46.1 Å². The number of benzene rings is 2. The summed E-state index contributed by atoms with van der Waals surface area (Å²) in [4.78, 5) is 14.6. The number of thiophene rings is 1. The first-order chi connectivity index (χ1) is 14.3. The number of aryl methyl sites for hydroxylation is 2. The van der Waals surface area contributed by atoms with Gasteiger partial charge in [0.05, 0.1) is 22.2 Å². The minimum Gasteiger partial charge on any atom is -0.496 e. The van der Waals surface area contributed by atoms with E-state index < -0.39 is 0 Å². The molecule has 0 aliphatic carbocycles. The first-order valence-corrected chi connectivity index (χ1v) is 11.0. The second-order valence-corrected chi connectivity index (χ2v) is 9.26. The van der Waals surface area contributed by atoms with Gasteiger partial charge in [-0.3, -0.25) is 4.79 Å². The van der Waals surface area contributed by atoms with Crippen LogP contribution < -0.4 is 9.47 Å². The van der Waals surface area contributed by atoms with Crippen molar-refractivity contribution in [3.63, 3.8) is 0 Å². The topological polar surface area (TPSA) is 35.5 Å². The summed E-state index contributed by atoms with van der Waals surface area (Å²) in [5, 5.41) is 1.09. The summed E-state index contributed by atoms with van der Waals surface area (Å²) in [6.07, 6.45) is 3.36. The van der Waals surface area contributed by atoms with E-state index in [1.54, 1.807) is 36.7 Å². The molecule has 0 radical (unpaired) electrons. The summed E-state index contributed by atoms with van der Waals surface area (Å²) in [6.45, 7) is 4.16. The zero-order valence-corrected chi connectivity index (χ0v) is 19.7. The number of ether oxygens (including phenoxy) is 2. The Balaban J connectivity index is 1.79. The molecule has 156 valence electrons. The lowest BCUT2D eigenvalue weighted by Crippen LogP contribution is -2.00. The molecule has 0 atom stereocenters. The molecular weight excluding hydrogens is 463 g/mol. The summed E-state index contributed by atoms with van der Waals surface area (Å²) in [5.41, 5.74) is 2.39. The number of hydrogen-bond donors (Lipinski definition) is 0. The fourth-order valence-corrected chi connectivity index (χ4v) is 4.44. The van der Waals surface area contributed by atoms with E-state index in [9.17, 15) is 4.79 Å². The van der Waals surface area contributed by atoms with E-state index in [1.807, 2.05) is 38.1 Å². The van der Waals surface area contributed by atoms with Crippen molar-refractivity contribution in [2.75, 3.05) is 7.11 Å². The molecule has 0 saturated heterocycles. The molecule has 1 heterocycles. The second-order valence-electron chi connectivity index (χ2n) is 6.58. The number of carbonyl (C=O) groups excluding carboxylic acids is 1. The van der Waals surface area contributed by atoms with Gasteiger partial charge in [0.1, 0.15) is 18.1 Å². The van der Waals surface area contributed by atoms with Gasteiger partial charge in [-0.05, 0) is 49.8 Å². The molecule has 0 unspecified atom stereocenters. The number of rotatable bonds is 7. The molecule has 0 amide bonds. The molecule has 0 bridgehead atoms. The lowest BCUT2D eigenvalue weighted by atomic mass is 10.1. The van der Waals surface area contributed by atoms with Crippen LogP contribution in [0.2, 0.25) is 15.1 Å². The Labute approximate surface area is 194 Å². The van der Waals surface area contributed by atoms with Gasteiger partial charge in [0.15, 0.2) is 5.78 Å². The van der Waals surface area contributed by atoms with E-state index in [1.165, 1.54) is 6.07 Å². The van der Waals surface area contributed by atoms with E-state index in [0.29, 0.717) is 26.6 Å². The largest absolute Gasteiger partial charge is 0.496 e. The third kappa shape index (κ3) is 5.38. The Hall–Kier alpha value is -1.98. The third-order valence-corrected chi connectivity index (χ3v) is 6.38. The molecule has 2 aromatic carbocycles. The van der Waals surface area contributed by atoms with Crippen LogP contribution in [0.5, 0.6) is 11.5 Å². The van der Waals surface area contributed by atoms with E-state index in [-0.39, 0.29) is 12.4 Å². The maximum Gasteiger partial charge on any atom is 0.186 e. The van der Waals surface area contributed by atoms with Crippen LogP contribution in [-0.4, -0.2) is 12.9 Å². The van der Waals surface area contributed by atoms with Crippen LogP contribution in [0.15, 0.2) is 42.5 Å². The third-order valence-electron chi connectivity index (χ3n) is 4.40. The van der Waals surface area contributed by atoms with Gasteiger partial charge in [0.2, 0.25) is 0 Å². The van der Waals surface area contributed by atoms with Gasteiger partial charge >= 0.3 is 0 Å². The minimum atomic E-state index is -0.0203. The smallest absolute Gasteiger partial charge is 0.186 e. The monoisotopic (exact) mass is 480 g/mol.